The molecule has 0 aliphatic heterocycles. The Bertz CT molecular complexity index is 475. The third-order valence-corrected chi connectivity index (χ3v) is 2.84. The fraction of sp³-hybridized carbons (Fsp3) is 0.429. The van der Waals surface area contributed by atoms with Crippen molar-refractivity contribution >= 4 is 11.9 Å². The van der Waals surface area contributed by atoms with Crippen LogP contribution in [0.15, 0.2) is 24.3 Å². The van der Waals surface area contributed by atoms with Crippen molar-refractivity contribution < 1.29 is 24.2 Å². The number of amides is 1. The molecule has 0 spiro atoms. The predicted molar refractivity (Wildman–Crippen MR) is 76.4 cm³/mol. The summed E-state index contributed by atoms with van der Waals surface area (Å²) in [5.74, 6) is -0.129. The van der Waals surface area contributed by atoms with Crippen LogP contribution < -0.4 is 15.2 Å². The van der Waals surface area contributed by atoms with Crippen LogP contribution in [0.2, 0.25) is 0 Å². The number of ether oxygens (including phenoxy) is 2. The molecule has 0 aliphatic carbocycles. The van der Waals surface area contributed by atoms with E-state index < -0.39 is 17.9 Å². The Kier molecular flexibility index (Phi) is 6.48. The highest BCUT2D eigenvalue weighted by Gasteiger charge is 2.20. The van der Waals surface area contributed by atoms with E-state index in [4.69, 9.17) is 20.3 Å². The standard InChI is InChI=1S/C14H20N2O5/c1-16(14(19)12(15)9-13(17)18)7-8-21-11-5-3-10(20-2)4-6-11/h3-6,12H,7-9,15H2,1-2H3,(H,17,18). The van der Waals surface area contributed by atoms with E-state index >= 15 is 0 Å². The molecule has 0 aromatic heterocycles. The second-order valence-electron chi connectivity index (χ2n) is 4.49. The molecule has 7 heteroatoms. The Labute approximate surface area is 123 Å². The highest BCUT2D eigenvalue weighted by Crippen LogP contribution is 2.16. The van der Waals surface area contributed by atoms with Gasteiger partial charge in [0.2, 0.25) is 5.91 Å². The molecule has 116 valence electrons. The van der Waals surface area contributed by atoms with Crippen molar-refractivity contribution in [2.24, 2.45) is 5.73 Å². The van der Waals surface area contributed by atoms with Gasteiger partial charge in [-0.05, 0) is 24.3 Å². The molecule has 1 aromatic rings. The minimum Gasteiger partial charge on any atom is -0.497 e. The summed E-state index contributed by atoms with van der Waals surface area (Å²) >= 11 is 0. The number of methoxy groups -OCH3 is 1. The van der Waals surface area contributed by atoms with E-state index in [0.717, 1.165) is 5.75 Å². The minimum absolute atomic E-state index is 0.286. The Hall–Kier alpha value is -2.28. The quantitative estimate of drug-likeness (QED) is 0.717. The number of benzene rings is 1. The molecule has 0 saturated carbocycles. The van der Waals surface area contributed by atoms with Crippen molar-refractivity contribution in [3.05, 3.63) is 24.3 Å². The summed E-state index contributed by atoms with van der Waals surface area (Å²) in [4.78, 5) is 23.6. The highest BCUT2D eigenvalue weighted by atomic mass is 16.5. The predicted octanol–water partition coefficient (Wildman–Crippen LogP) is 0.334. The molecule has 0 fully saturated rings. The van der Waals surface area contributed by atoms with Crippen LogP contribution >= 0.6 is 0 Å². The number of hydrogen-bond acceptors (Lipinski definition) is 5. The fourth-order valence-electron chi connectivity index (χ4n) is 1.64. The topological polar surface area (TPSA) is 102 Å². The maximum absolute atomic E-state index is 11.8. The minimum atomic E-state index is -1.10. The SMILES string of the molecule is COc1ccc(OCCN(C)C(=O)C(N)CC(=O)O)cc1. The van der Waals surface area contributed by atoms with E-state index in [0.29, 0.717) is 12.3 Å². The van der Waals surface area contributed by atoms with Gasteiger partial charge in [-0.1, -0.05) is 0 Å². The Balaban J connectivity index is 2.36. The number of aliphatic carboxylic acids is 1. The van der Waals surface area contributed by atoms with Gasteiger partial charge in [0.25, 0.3) is 0 Å². The smallest absolute Gasteiger partial charge is 0.305 e. The van der Waals surface area contributed by atoms with Gasteiger partial charge >= 0.3 is 5.97 Å². The molecule has 3 N–H and O–H groups in total. The summed E-state index contributed by atoms with van der Waals surface area (Å²) in [6.07, 6.45) is -0.386. The summed E-state index contributed by atoms with van der Waals surface area (Å²) in [7, 11) is 3.14. The lowest BCUT2D eigenvalue weighted by atomic mass is 10.2. The second-order valence-corrected chi connectivity index (χ2v) is 4.49. The lowest BCUT2D eigenvalue weighted by Gasteiger charge is -2.20. The number of carbonyl (C=O) groups is 2. The summed E-state index contributed by atoms with van der Waals surface area (Å²) in [6, 6.07) is 6.03. The zero-order chi connectivity index (χ0) is 15.8. The Morgan fingerprint density at radius 1 is 1.29 bits per heavy atom. The lowest BCUT2D eigenvalue weighted by molar-refractivity contribution is -0.141. The first kappa shape index (κ1) is 16.8. The van der Waals surface area contributed by atoms with Gasteiger partial charge in [-0.25, -0.2) is 0 Å². The molecule has 21 heavy (non-hydrogen) atoms. The van der Waals surface area contributed by atoms with Crippen molar-refractivity contribution in [2.75, 3.05) is 27.3 Å². The van der Waals surface area contributed by atoms with Gasteiger partial charge in [0.05, 0.1) is 26.1 Å². The molecular weight excluding hydrogens is 276 g/mol. The normalized spacial score (nSPS) is 11.6. The average molecular weight is 296 g/mol. The van der Waals surface area contributed by atoms with Crippen molar-refractivity contribution in [1.29, 1.82) is 0 Å². The van der Waals surface area contributed by atoms with E-state index in [9.17, 15) is 9.59 Å². The zero-order valence-corrected chi connectivity index (χ0v) is 12.1. The number of carboxylic acids is 1. The molecule has 7 nitrogen and oxygen atoms in total. The first-order valence-corrected chi connectivity index (χ1v) is 6.43. The van der Waals surface area contributed by atoms with Gasteiger partial charge in [0.15, 0.2) is 0 Å². The molecule has 1 unspecified atom stereocenters. The van der Waals surface area contributed by atoms with Crippen molar-refractivity contribution in [2.45, 2.75) is 12.5 Å². The van der Waals surface area contributed by atoms with Crippen molar-refractivity contribution in [3.63, 3.8) is 0 Å². The summed E-state index contributed by atoms with van der Waals surface area (Å²) < 4.78 is 10.5. The first-order chi connectivity index (χ1) is 9.93. The van der Waals surface area contributed by atoms with Gasteiger partial charge in [-0.2, -0.15) is 0 Å². The van der Waals surface area contributed by atoms with Crippen LogP contribution in [-0.4, -0.2) is 55.2 Å². The number of rotatable bonds is 8. The molecule has 1 amide bonds. The van der Waals surface area contributed by atoms with Gasteiger partial charge in [0.1, 0.15) is 18.1 Å². The Morgan fingerprint density at radius 2 is 1.86 bits per heavy atom. The van der Waals surface area contributed by atoms with Crippen LogP contribution in [-0.2, 0) is 9.59 Å². The van der Waals surface area contributed by atoms with Crippen LogP contribution in [0.4, 0.5) is 0 Å². The molecule has 0 radical (unpaired) electrons. The molecule has 0 heterocycles. The molecular formula is C14H20N2O5. The van der Waals surface area contributed by atoms with Crippen LogP contribution in [0.5, 0.6) is 11.5 Å². The molecule has 0 saturated heterocycles. The van der Waals surface area contributed by atoms with E-state index in [1.54, 1.807) is 38.4 Å². The third kappa shape index (κ3) is 5.70. The van der Waals surface area contributed by atoms with E-state index in [-0.39, 0.29) is 13.0 Å². The van der Waals surface area contributed by atoms with Crippen LogP contribution in [0.25, 0.3) is 0 Å². The first-order valence-electron chi connectivity index (χ1n) is 6.43. The zero-order valence-electron chi connectivity index (χ0n) is 12.1. The average Bonchev–Trinajstić information content (AvgIpc) is 2.46. The number of carbonyl (C=O) groups excluding carboxylic acids is 1. The number of nitrogens with two attached hydrogens (primary N) is 1. The van der Waals surface area contributed by atoms with Gasteiger partial charge in [-0.3, -0.25) is 9.59 Å². The van der Waals surface area contributed by atoms with E-state index in [2.05, 4.69) is 0 Å². The summed E-state index contributed by atoms with van der Waals surface area (Å²) in [5.41, 5.74) is 5.51. The Morgan fingerprint density at radius 3 is 2.38 bits per heavy atom. The van der Waals surface area contributed by atoms with Gasteiger partial charge < -0.3 is 25.2 Å². The van der Waals surface area contributed by atoms with Crippen LogP contribution in [0, 0.1) is 0 Å². The summed E-state index contributed by atoms with van der Waals surface area (Å²) in [5, 5.41) is 8.60. The number of likely N-dealkylation sites (N-methyl/N-ethyl adjacent to an activating group) is 1. The monoisotopic (exact) mass is 296 g/mol. The van der Waals surface area contributed by atoms with Crippen molar-refractivity contribution in [1.82, 2.24) is 4.90 Å². The highest BCUT2D eigenvalue weighted by molar-refractivity contribution is 5.85. The maximum atomic E-state index is 11.8. The fourth-order valence-corrected chi connectivity index (χ4v) is 1.64. The van der Waals surface area contributed by atoms with Crippen LogP contribution in [0.3, 0.4) is 0 Å². The van der Waals surface area contributed by atoms with Crippen LogP contribution in [0.1, 0.15) is 6.42 Å². The van der Waals surface area contributed by atoms with E-state index in [1.165, 1.54) is 4.90 Å². The van der Waals surface area contributed by atoms with Gasteiger partial charge in [-0.15, -0.1) is 0 Å². The lowest BCUT2D eigenvalue weighted by Crippen LogP contribution is -2.44. The number of hydrogen-bond donors (Lipinski definition) is 2. The summed E-state index contributed by atoms with van der Waals surface area (Å²) in [6.45, 7) is 0.604. The largest absolute Gasteiger partial charge is 0.497 e. The molecule has 1 atom stereocenters. The molecule has 1 rings (SSSR count). The number of nitrogens with zero attached hydrogens (tertiary/aromatic N) is 1. The molecule has 1 aromatic carbocycles. The maximum Gasteiger partial charge on any atom is 0.305 e. The molecule has 0 bridgehead atoms. The molecule has 0 aliphatic rings. The number of carboxylic acid groups (broad SMARTS) is 1. The van der Waals surface area contributed by atoms with Gasteiger partial charge in [0, 0.05) is 7.05 Å². The third-order valence-electron chi connectivity index (χ3n) is 2.84. The van der Waals surface area contributed by atoms with Crippen molar-refractivity contribution in [3.8, 4) is 11.5 Å². The second kappa shape index (κ2) is 8.11. The van der Waals surface area contributed by atoms with E-state index in [1.807, 2.05) is 0 Å².